The third-order valence-electron chi connectivity index (χ3n) is 3.85. The van der Waals surface area contributed by atoms with E-state index in [9.17, 15) is 0 Å². The average molecular weight is 271 g/mol. The van der Waals surface area contributed by atoms with Crippen molar-refractivity contribution in [3.8, 4) is 5.69 Å². The van der Waals surface area contributed by atoms with Crippen molar-refractivity contribution in [2.45, 2.75) is 26.4 Å². The van der Waals surface area contributed by atoms with Crippen LogP contribution in [0.25, 0.3) is 5.69 Å². The zero-order valence-corrected chi connectivity index (χ0v) is 12.1. The molecule has 20 heavy (non-hydrogen) atoms. The summed E-state index contributed by atoms with van der Waals surface area (Å²) in [6.45, 7) is 6.89. The van der Waals surface area contributed by atoms with Gasteiger partial charge in [0, 0.05) is 18.8 Å². The van der Waals surface area contributed by atoms with Crippen LogP contribution in [0.5, 0.6) is 0 Å². The van der Waals surface area contributed by atoms with Crippen LogP contribution in [0.15, 0.2) is 30.5 Å². The van der Waals surface area contributed by atoms with Crippen molar-refractivity contribution in [3.05, 3.63) is 47.3 Å². The monoisotopic (exact) mass is 271 g/mol. The van der Waals surface area contributed by atoms with E-state index in [2.05, 4.69) is 48.5 Å². The van der Waals surface area contributed by atoms with Gasteiger partial charge < -0.3 is 10.1 Å². The number of aryl methyl sites for hydroxylation is 1. The number of ether oxygens (including phenoxy) is 1. The fourth-order valence-electron chi connectivity index (χ4n) is 2.72. The molecule has 0 bridgehead atoms. The first-order valence-corrected chi connectivity index (χ1v) is 7.25. The van der Waals surface area contributed by atoms with E-state index in [1.54, 1.807) is 0 Å². The minimum atomic E-state index is 0.169. The van der Waals surface area contributed by atoms with Gasteiger partial charge in [0.15, 0.2) is 0 Å². The van der Waals surface area contributed by atoms with E-state index in [1.807, 2.05) is 10.9 Å². The lowest BCUT2D eigenvalue weighted by Gasteiger charge is -2.24. The SMILES string of the molecule is CCc1c(C)cnn1-c1ccc([C@H]2CNCCO2)cc1. The Morgan fingerprint density at radius 1 is 1.35 bits per heavy atom. The summed E-state index contributed by atoms with van der Waals surface area (Å²) in [7, 11) is 0. The first-order chi connectivity index (χ1) is 9.79. The molecule has 0 saturated carbocycles. The third-order valence-corrected chi connectivity index (χ3v) is 3.85. The summed E-state index contributed by atoms with van der Waals surface area (Å²) in [5, 5.41) is 7.83. The second-order valence-electron chi connectivity index (χ2n) is 5.19. The van der Waals surface area contributed by atoms with Gasteiger partial charge in [0.05, 0.1) is 24.6 Å². The van der Waals surface area contributed by atoms with Crippen LogP contribution in [-0.2, 0) is 11.2 Å². The van der Waals surface area contributed by atoms with Crippen LogP contribution in [0.2, 0.25) is 0 Å². The fourth-order valence-corrected chi connectivity index (χ4v) is 2.72. The van der Waals surface area contributed by atoms with Crippen LogP contribution in [-0.4, -0.2) is 29.5 Å². The summed E-state index contributed by atoms with van der Waals surface area (Å²) >= 11 is 0. The molecular weight excluding hydrogens is 250 g/mol. The quantitative estimate of drug-likeness (QED) is 0.931. The molecule has 0 unspecified atom stereocenters. The van der Waals surface area contributed by atoms with Crippen LogP contribution in [0.3, 0.4) is 0 Å². The number of aromatic nitrogens is 2. The molecule has 4 nitrogen and oxygen atoms in total. The van der Waals surface area contributed by atoms with Crippen LogP contribution >= 0.6 is 0 Å². The van der Waals surface area contributed by atoms with Gasteiger partial charge in [-0.2, -0.15) is 5.10 Å². The molecule has 1 fully saturated rings. The number of hydrogen-bond donors (Lipinski definition) is 1. The molecule has 4 heteroatoms. The third kappa shape index (κ3) is 2.49. The number of nitrogens with one attached hydrogen (secondary N) is 1. The van der Waals surface area contributed by atoms with Gasteiger partial charge in [-0.15, -0.1) is 0 Å². The standard InChI is InChI=1S/C16H21N3O/c1-3-15-12(2)10-18-19(15)14-6-4-13(5-7-14)16-11-17-8-9-20-16/h4-7,10,16-17H,3,8-9,11H2,1-2H3/t16-/m1/s1. The van der Waals surface area contributed by atoms with E-state index in [-0.39, 0.29) is 6.10 Å². The Morgan fingerprint density at radius 2 is 2.15 bits per heavy atom. The van der Waals surface area contributed by atoms with Crippen LogP contribution in [0.4, 0.5) is 0 Å². The van der Waals surface area contributed by atoms with Gasteiger partial charge in [-0.3, -0.25) is 0 Å². The van der Waals surface area contributed by atoms with E-state index in [0.29, 0.717) is 0 Å². The van der Waals surface area contributed by atoms with Crippen molar-refractivity contribution < 1.29 is 4.74 Å². The lowest BCUT2D eigenvalue weighted by Crippen LogP contribution is -2.33. The minimum absolute atomic E-state index is 0.169. The molecule has 1 aliphatic rings. The number of rotatable bonds is 3. The molecular formula is C16H21N3O. The Bertz CT molecular complexity index is 568. The molecule has 0 spiro atoms. The van der Waals surface area contributed by atoms with Gasteiger partial charge in [-0.1, -0.05) is 19.1 Å². The largest absolute Gasteiger partial charge is 0.371 e. The maximum atomic E-state index is 5.77. The molecule has 2 heterocycles. The van der Waals surface area contributed by atoms with Crippen molar-refractivity contribution in [1.82, 2.24) is 15.1 Å². The van der Waals surface area contributed by atoms with Crippen LogP contribution in [0, 0.1) is 6.92 Å². The molecule has 1 aromatic heterocycles. The van der Waals surface area contributed by atoms with E-state index >= 15 is 0 Å². The highest BCUT2D eigenvalue weighted by atomic mass is 16.5. The van der Waals surface area contributed by atoms with Gasteiger partial charge in [-0.05, 0) is 36.6 Å². The van der Waals surface area contributed by atoms with Gasteiger partial charge in [0.25, 0.3) is 0 Å². The highest BCUT2D eigenvalue weighted by Crippen LogP contribution is 2.21. The minimum Gasteiger partial charge on any atom is -0.371 e. The van der Waals surface area contributed by atoms with Crippen molar-refractivity contribution in [3.63, 3.8) is 0 Å². The Morgan fingerprint density at radius 3 is 2.80 bits per heavy atom. The molecule has 106 valence electrons. The Hall–Kier alpha value is -1.65. The first kappa shape index (κ1) is 13.3. The smallest absolute Gasteiger partial charge is 0.0949 e. The molecule has 0 radical (unpaired) electrons. The van der Waals surface area contributed by atoms with E-state index in [0.717, 1.165) is 31.8 Å². The molecule has 1 saturated heterocycles. The second-order valence-corrected chi connectivity index (χ2v) is 5.19. The van der Waals surface area contributed by atoms with Crippen molar-refractivity contribution in [2.24, 2.45) is 0 Å². The van der Waals surface area contributed by atoms with E-state index in [1.165, 1.54) is 16.8 Å². The summed E-state index contributed by atoms with van der Waals surface area (Å²) in [6, 6.07) is 8.53. The first-order valence-electron chi connectivity index (χ1n) is 7.25. The summed E-state index contributed by atoms with van der Waals surface area (Å²) in [5.74, 6) is 0. The number of morpholine rings is 1. The predicted octanol–water partition coefficient (Wildman–Crippen LogP) is 2.40. The van der Waals surface area contributed by atoms with Gasteiger partial charge >= 0.3 is 0 Å². The zero-order valence-electron chi connectivity index (χ0n) is 12.1. The van der Waals surface area contributed by atoms with Gasteiger partial charge in [0.2, 0.25) is 0 Å². The highest BCUT2D eigenvalue weighted by molar-refractivity contribution is 5.37. The summed E-state index contributed by atoms with van der Waals surface area (Å²) in [5.41, 5.74) is 4.86. The molecule has 1 atom stereocenters. The maximum absolute atomic E-state index is 5.77. The summed E-state index contributed by atoms with van der Waals surface area (Å²) in [4.78, 5) is 0. The van der Waals surface area contributed by atoms with Crippen molar-refractivity contribution >= 4 is 0 Å². The number of nitrogens with zero attached hydrogens (tertiary/aromatic N) is 2. The van der Waals surface area contributed by atoms with E-state index < -0.39 is 0 Å². The number of hydrogen-bond acceptors (Lipinski definition) is 3. The summed E-state index contributed by atoms with van der Waals surface area (Å²) < 4.78 is 7.80. The zero-order chi connectivity index (χ0) is 13.9. The molecule has 1 aliphatic heterocycles. The normalized spacial score (nSPS) is 19.2. The molecule has 3 rings (SSSR count). The topological polar surface area (TPSA) is 39.1 Å². The molecule has 0 aliphatic carbocycles. The lowest BCUT2D eigenvalue weighted by atomic mass is 10.1. The van der Waals surface area contributed by atoms with Gasteiger partial charge in [-0.25, -0.2) is 4.68 Å². The van der Waals surface area contributed by atoms with E-state index in [4.69, 9.17) is 4.74 Å². The molecule has 2 aromatic rings. The van der Waals surface area contributed by atoms with Gasteiger partial charge in [0.1, 0.15) is 0 Å². The Labute approximate surface area is 119 Å². The predicted molar refractivity (Wildman–Crippen MR) is 79.2 cm³/mol. The molecule has 0 amide bonds. The fraction of sp³-hybridized carbons (Fsp3) is 0.438. The van der Waals surface area contributed by atoms with Crippen LogP contribution < -0.4 is 5.32 Å². The number of benzene rings is 1. The summed E-state index contributed by atoms with van der Waals surface area (Å²) in [6.07, 6.45) is 3.09. The Balaban J connectivity index is 1.85. The molecule has 1 N–H and O–H groups in total. The lowest BCUT2D eigenvalue weighted by molar-refractivity contribution is 0.0277. The second kappa shape index (κ2) is 5.77. The highest BCUT2D eigenvalue weighted by Gasteiger charge is 2.15. The molecule has 1 aromatic carbocycles. The Kier molecular flexibility index (Phi) is 3.85. The van der Waals surface area contributed by atoms with Crippen LogP contribution in [0.1, 0.15) is 29.8 Å². The average Bonchev–Trinajstić information content (AvgIpc) is 2.89. The van der Waals surface area contributed by atoms with Crippen molar-refractivity contribution in [1.29, 1.82) is 0 Å². The van der Waals surface area contributed by atoms with Crippen molar-refractivity contribution in [2.75, 3.05) is 19.7 Å². The maximum Gasteiger partial charge on any atom is 0.0949 e.